The number of fused-ring (bicyclic) bond motifs is 10. The predicted molar refractivity (Wildman–Crippen MR) is 336 cm³/mol. The number of anilines is 7. The molecule has 0 radical (unpaired) electrons. The number of nitrogens with zero attached hydrogens (tertiary/aromatic N) is 3. The molecule has 13 rings (SSSR count). The van der Waals surface area contributed by atoms with Gasteiger partial charge in [0.15, 0.2) is 0 Å². The molecule has 4 aliphatic heterocycles. The normalized spacial score (nSPS) is 24.2. The van der Waals surface area contributed by atoms with E-state index in [0.29, 0.717) is 0 Å². The van der Waals surface area contributed by atoms with Gasteiger partial charge in [-0.3, -0.25) is 0 Å². The summed E-state index contributed by atoms with van der Waals surface area (Å²) in [6.45, 7) is 37.2. The van der Waals surface area contributed by atoms with Crippen molar-refractivity contribution >= 4 is 76.2 Å². The Morgan fingerprint density at radius 2 is 1.04 bits per heavy atom. The highest BCUT2D eigenvalue weighted by atomic mass is 28.3. The lowest BCUT2D eigenvalue weighted by atomic mass is 9.33. The van der Waals surface area contributed by atoms with Crippen LogP contribution < -0.4 is 36.3 Å². The van der Waals surface area contributed by atoms with E-state index < -0.39 is 8.07 Å². The third-order valence-electron chi connectivity index (χ3n) is 20.9. The summed E-state index contributed by atoms with van der Waals surface area (Å²) in [5, 5.41) is 1.59. The van der Waals surface area contributed by atoms with Crippen molar-refractivity contribution < 1.29 is 0 Å². The number of hydrogen-bond acceptors (Lipinski definition) is 3. The van der Waals surface area contributed by atoms with E-state index in [9.17, 15) is 0 Å². The van der Waals surface area contributed by atoms with E-state index in [1.54, 1.807) is 10.8 Å². The van der Waals surface area contributed by atoms with Crippen LogP contribution in [0.15, 0.2) is 140 Å². The first-order chi connectivity index (χ1) is 36.3. The maximum absolute atomic E-state index is 2.99. The van der Waals surface area contributed by atoms with E-state index >= 15 is 0 Å². The molecule has 0 amide bonds. The Balaban J connectivity index is 1.20. The van der Waals surface area contributed by atoms with E-state index in [1.807, 2.05) is 0 Å². The van der Waals surface area contributed by atoms with E-state index in [-0.39, 0.29) is 44.9 Å². The molecule has 0 bridgehead atoms. The van der Waals surface area contributed by atoms with E-state index in [1.165, 1.54) is 134 Å². The summed E-state index contributed by atoms with van der Waals surface area (Å²) in [4.78, 5) is 8.68. The second kappa shape index (κ2) is 16.6. The molecule has 394 valence electrons. The van der Waals surface area contributed by atoms with Crippen LogP contribution in [-0.2, 0) is 27.1 Å². The van der Waals surface area contributed by atoms with Gasteiger partial charge in [0.05, 0.1) is 24.8 Å². The smallest absolute Gasteiger partial charge is 0.252 e. The Morgan fingerprint density at radius 3 is 1.70 bits per heavy atom. The average molecular weight is 1030 g/mol. The fourth-order valence-electron chi connectivity index (χ4n) is 16.3. The summed E-state index contributed by atoms with van der Waals surface area (Å²) in [5.41, 5.74) is 24.5. The summed E-state index contributed by atoms with van der Waals surface area (Å²) in [6, 6.07) is 56.7. The highest BCUT2D eigenvalue weighted by molar-refractivity contribution is 7.01. The van der Waals surface area contributed by atoms with Gasteiger partial charge in [0, 0.05) is 50.5 Å². The molecule has 7 aromatic carbocycles. The Hall–Kier alpha value is -5.78. The molecular weight excluding hydrogens is 946 g/mol. The van der Waals surface area contributed by atoms with Gasteiger partial charge in [-0.05, 0) is 148 Å². The second-order valence-corrected chi connectivity index (χ2v) is 34.5. The second-order valence-electron chi connectivity index (χ2n) is 29.5. The highest BCUT2D eigenvalue weighted by Crippen LogP contribution is 2.66. The molecule has 0 N–H and O–H groups in total. The van der Waals surface area contributed by atoms with Crippen molar-refractivity contribution in [3.63, 3.8) is 0 Å². The summed E-state index contributed by atoms with van der Waals surface area (Å²) in [5.74, 6) is 0. The zero-order valence-corrected chi connectivity index (χ0v) is 50.4. The van der Waals surface area contributed by atoms with Gasteiger partial charge in [0.2, 0.25) is 0 Å². The third-order valence-corrected chi connectivity index (χ3v) is 22.9. The van der Waals surface area contributed by atoms with Crippen LogP contribution in [0.5, 0.6) is 0 Å². The first kappa shape index (κ1) is 50.7. The molecule has 3 nitrogen and oxygen atoms in total. The SMILES string of the molecule is CC(C)(C)c1ccc(N2c3cc(C(C)(C)C)ccc3B3c4cc([Si](C)(C)C)cc5c4N(c4cc(N6c7ccc(C(C)(C)C)cc7C7(c8ccccc8)CCCCC67C)cc2c43)C2(C)CCCCC52C)c(-c2ccccc2)c1. The fourth-order valence-corrected chi connectivity index (χ4v) is 17.5. The van der Waals surface area contributed by atoms with Crippen LogP contribution in [0.1, 0.15) is 168 Å². The largest absolute Gasteiger partial charge is 0.335 e. The lowest BCUT2D eigenvalue weighted by molar-refractivity contribution is 0.195. The van der Waals surface area contributed by atoms with Crippen LogP contribution in [0.3, 0.4) is 0 Å². The maximum atomic E-state index is 2.99. The number of rotatable bonds is 5. The quantitative estimate of drug-likeness (QED) is 0.159. The molecule has 0 spiro atoms. The van der Waals surface area contributed by atoms with E-state index in [2.05, 4.69) is 257 Å². The minimum Gasteiger partial charge on any atom is -0.335 e. The average Bonchev–Trinajstić information content (AvgIpc) is 3.08. The number of benzene rings is 7. The molecule has 2 aliphatic carbocycles. The van der Waals surface area contributed by atoms with Gasteiger partial charge < -0.3 is 14.7 Å². The van der Waals surface area contributed by atoms with Crippen molar-refractivity contribution in [1.29, 1.82) is 0 Å². The predicted octanol–water partition coefficient (Wildman–Crippen LogP) is 16.9. The molecule has 4 unspecified atom stereocenters. The van der Waals surface area contributed by atoms with Crippen LogP contribution >= 0.6 is 0 Å². The first-order valence-corrected chi connectivity index (χ1v) is 33.1. The maximum Gasteiger partial charge on any atom is 0.252 e. The molecule has 4 atom stereocenters. The Kier molecular flexibility index (Phi) is 11.0. The minimum atomic E-state index is -1.79. The molecule has 0 saturated heterocycles. The van der Waals surface area contributed by atoms with Crippen molar-refractivity contribution in [2.75, 3.05) is 14.7 Å². The molecular formula is C72H84BN3Si. The van der Waals surface area contributed by atoms with Crippen LogP contribution in [0, 0.1) is 0 Å². The van der Waals surface area contributed by atoms with Crippen molar-refractivity contribution in [2.24, 2.45) is 0 Å². The molecule has 4 heterocycles. The summed E-state index contributed by atoms with van der Waals surface area (Å²) < 4.78 is 0. The van der Waals surface area contributed by atoms with Crippen LogP contribution in [0.2, 0.25) is 19.6 Å². The van der Waals surface area contributed by atoms with Crippen LogP contribution in [-0.4, -0.2) is 25.9 Å². The molecule has 0 aromatic heterocycles. The molecule has 5 heteroatoms. The van der Waals surface area contributed by atoms with Crippen molar-refractivity contribution in [1.82, 2.24) is 0 Å². The van der Waals surface area contributed by atoms with Crippen molar-refractivity contribution in [3.05, 3.63) is 173 Å². The summed E-state index contributed by atoms with van der Waals surface area (Å²) in [7, 11) is -1.79. The first-order valence-electron chi connectivity index (χ1n) is 29.6. The Morgan fingerprint density at radius 1 is 0.468 bits per heavy atom. The summed E-state index contributed by atoms with van der Waals surface area (Å²) in [6.07, 6.45) is 9.54. The van der Waals surface area contributed by atoms with E-state index in [0.717, 1.165) is 12.8 Å². The fraction of sp³-hybridized carbons (Fsp3) is 0.417. The molecule has 2 fully saturated rings. The van der Waals surface area contributed by atoms with Gasteiger partial charge in [0.25, 0.3) is 6.71 Å². The molecule has 7 aromatic rings. The van der Waals surface area contributed by atoms with Gasteiger partial charge in [-0.2, -0.15) is 0 Å². The molecule has 6 aliphatic rings. The van der Waals surface area contributed by atoms with Crippen LogP contribution in [0.4, 0.5) is 39.8 Å². The minimum absolute atomic E-state index is 0.00743. The molecule has 77 heavy (non-hydrogen) atoms. The standard InChI is InChI=1S/C72H84BN3Si/c1-66(2,3)49-31-34-59(54(40-49)47-26-18-16-19-27-47)74-61-42-51(68(7,8)9)30-33-57(61)73-58-46-53(77(13,14)15)45-56-65(58)76(70(11)37-23-22-36-69(56,70)10)63-44-52(43-62(74)64(63)73)75-60-35-32-50(67(4,5)6)41-55(60)72(48-28-20-17-21-29-48)39-25-24-38-71(72,75)12/h16-21,26-35,40-46H,22-25,36-39H2,1-15H3. The monoisotopic (exact) mass is 1030 g/mol. The van der Waals surface area contributed by atoms with Gasteiger partial charge in [-0.1, -0.05) is 223 Å². The lowest BCUT2D eigenvalue weighted by Gasteiger charge is -2.54. The molecule has 2 saturated carbocycles. The number of hydrogen-bond donors (Lipinski definition) is 0. The third kappa shape index (κ3) is 7.06. The highest BCUT2D eigenvalue weighted by Gasteiger charge is 2.64. The topological polar surface area (TPSA) is 9.72 Å². The van der Waals surface area contributed by atoms with E-state index in [4.69, 9.17) is 0 Å². The zero-order valence-electron chi connectivity index (χ0n) is 49.4. The van der Waals surface area contributed by atoms with Crippen LogP contribution in [0.25, 0.3) is 11.1 Å². The Labute approximate surface area is 464 Å². The van der Waals surface area contributed by atoms with Crippen molar-refractivity contribution in [3.8, 4) is 11.1 Å². The van der Waals surface area contributed by atoms with Gasteiger partial charge in [0.1, 0.15) is 0 Å². The van der Waals surface area contributed by atoms with Gasteiger partial charge in [-0.15, -0.1) is 0 Å². The van der Waals surface area contributed by atoms with Gasteiger partial charge >= 0.3 is 0 Å². The zero-order chi connectivity index (χ0) is 54.2. The van der Waals surface area contributed by atoms with Crippen molar-refractivity contribution in [2.45, 2.75) is 192 Å². The van der Waals surface area contributed by atoms with Gasteiger partial charge in [-0.25, -0.2) is 0 Å². The lowest BCUT2D eigenvalue weighted by Crippen LogP contribution is -2.65. The Bertz CT molecular complexity index is 3550. The summed E-state index contributed by atoms with van der Waals surface area (Å²) >= 11 is 0.